The van der Waals surface area contributed by atoms with Gasteiger partial charge in [-0.15, -0.1) is 11.3 Å². The Kier molecular flexibility index (Phi) is 7.47. The molecule has 0 bridgehead atoms. The van der Waals surface area contributed by atoms with Gasteiger partial charge in [0.1, 0.15) is 0 Å². The molecule has 1 aromatic heterocycles. The Balaban J connectivity index is 1.06. The van der Waals surface area contributed by atoms with Crippen LogP contribution in [0.2, 0.25) is 0 Å². The molecule has 58 heavy (non-hydrogen) atoms. The number of rotatable bonds is 5. The Bertz CT molecular complexity index is 3530. The fourth-order valence-corrected chi connectivity index (χ4v) is 10.5. The van der Waals surface area contributed by atoms with Crippen LogP contribution in [-0.4, -0.2) is 0 Å². The van der Waals surface area contributed by atoms with E-state index in [4.69, 9.17) is 0 Å². The molecular formula is C56H35NS. The van der Waals surface area contributed by atoms with E-state index in [-0.39, 0.29) is 0 Å². The largest absolute Gasteiger partial charge is 0.310 e. The van der Waals surface area contributed by atoms with Gasteiger partial charge in [0.2, 0.25) is 0 Å². The number of nitrogens with zero attached hydrogens (tertiary/aromatic N) is 1. The van der Waals surface area contributed by atoms with Crippen LogP contribution < -0.4 is 4.90 Å². The van der Waals surface area contributed by atoms with E-state index in [1.165, 1.54) is 96.3 Å². The third-order valence-corrected chi connectivity index (χ3v) is 13.2. The number of fused-ring (bicyclic) bond motifs is 12. The van der Waals surface area contributed by atoms with Crippen molar-refractivity contribution in [2.24, 2.45) is 0 Å². The van der Waals surface area contributed by atoms with Crippen LogP contribution in [0.4, 0.5) is 17.1 Å². The van der Waals surface area contributed by atoms with Crippen LogP contribution in [0, 0.1) is 0 Å². The molecule has 0 aliphatic carbocycles. The summed E-state index contributed by atoms with van der Waals surface area (Å²) in [5, 5.41) is 15.4. The van der Waals surface area contributed by atoms with Crippen molar-refractivity contribution in [3.8, 4) is 22.3 Å². The zero-order valence-electron chi connectivity index (χ0n) is 31.6. The molecular weight excluding hydrogens is 719 g/mol. The molecule has 12 rings (SSSR count). The maximum Gasteiger partial charge on any atom is 0.0468 e. The Morgan fingerprint density at radius 3 is 1.59 bits per heavy atom. The highest BCUT2D eigenvalue weighted by Crippen LogP contribution is 2.48. The van der Waals surface area contributed by atoms with Crippen molar-refractivity contribution in [1.82, 2.24) is 0 Å². The lowest BCUT2D eigenvalue weighted by molar-refractivity contribution is 1.29. The molecule has 0 amide bonds. The van der Waals surface area contributed by atoms with E-state index in [0.717, 1.165) is 17.1 Å². The second-order valence-corrected chi connectivity index (χ2v) is 16.3. The first-order valence-electron chi connectivity index (χ1n) is 19.9. The normalized spacial score (nSPS) is 11.8. The fraction of sp³-hybridized carbons (Fsp3) is 0. The zero-order valence-corrected chi connectivity index (χ0v) is 32.4. The van der Waals surface area contributed by atoms with Gasteiger partial charge in [0.15, 0.2) is 0 Å². The number of benzene rings is 11. The Morgan fingerprint density at radius 2 is 0.845 bits per heavy atom. The van der Waals surface area contributed by atoms with Crippen molar-refractivity contribution < 1.29 is 0 Å². The second kappa shape index (κ2) is 13.2. The van der Waals surface area contributed by atoms with Crippen molar-refractivity contribution in [2.45, 2.75) is 0 Å². The molecule has 0 unspecified atom stereocenters. The highest BCUT2D eigenvalue weighted by Gasteiger charge is 2.19. The molecule has 1 heterocycles. The van der Waals surface area contributed by atoms with E-state index in [0.29, 0.717) is 0 Å². The number of hydrogen-bond acceptors (Lipinski definition) is 2. The SMILES string of the molecule is c1ccc(N(c2ccc(-c3ccc4ccccc4c3)cc2)c2ccc3sc4c5ccccc5cc(-c5ccc6c7ccccc7c7ccccc7c6c5)c4c3c2)cc1. The van der Waals surface area contributed by atoms with E-state index in [9.17, 15) is 0 Å². The van der Waals surface area contributed by atoms with Crippen molar-refractivity contribution in [2.75, 3.05) is 4.90 Å². The van der Waals surface area contributed by atoms with Crippen LogP contribution in [0.15, 0.2) is 212 Å². The monoisotopic (exact) mass is 753 g/mol. The second-order valence-electron chi connectivity index (χ2n) is 15.3. The fourth-order valence-electron chi connectivity index (χ4n) is 9.24. The molecule has 0 N–H and O–H groups in total. The van der Waals surface area contributed by atoms with E-state index in [2.05, 4.69) is 217 Å². The highest BCUT2D eigenvalue weighted by molar-refractivity contribution is 7.26. The molecule has 2 heteroatoms. The van der Waals surface area contributed by atoms with Crippen molar-refractivity contribution in [1.29, 1.82) is 0 Å². The van der Waals surface area contributed by atoms with Crippen LogP contribution in [-0.2, 0) is 0 Å². The van der Waals surface area contributed by atoms with Gasteiger partial charge in [-0.25, -0.2) is 0 Å². The molecule has 0 radical (unpaired) electrons. The predicted molar refractivity (Wildman–Crippen MR) is 252 cm³/mol. The van der Waals surface area contributed by atoms with Crippen LogP contribution in [0.3, 0.4) is 0 Å². The van der Waals surface area contributed by atoms with Crippen molar-refractivity contribution in [3.05, 3.63) is 212 Å². The molecule has 0 spiro atoms. The quantitative estimate of drug-likeness (QED) is 0.158. The maximum absolute atomic E-state index is 2.44. The Morgan fingerprint density at radius 1 is 0.293 bits per heavy atom. The van der Waals surface area contributed by atoms with Crippen LogP contribution in [0.5, 0.6) is 0 Å². The molecule has 0 aliphatic heterocycles. The molecule has 0 saturated carbocycles. The summed E-state index contributed by atoms with van der Waals surface area (Å²) in [6.45, 7) is 0. The molecule has 0 saturated heterocycles. The van der Waals surface area contributed by atoms with Gasteiger partial charge in [0.25, 0.3) is 0 Å². The average Bonchev–Trinajstić information content (AvgIpc) is 3.69. The van der Waals surface area contributed by atoms with Gasteiger partial charge < -0.3 is 4.90 Å². The van der Waals surface area contributed by atoms with E-state index >= 15 is 0 Å². The minimum absolute atomic E-state index is 1.12. The lowest BCUT2D eigenvalue weighted by Gasteiger charge is -2.26. The maximum atomic E-state index is 2.44. The summed E-state index contributed by atoms with van der Waals surface area (Å²) < 4.78 is 2.61. The molecule has 0 atom stereocenters. The molecule has 1 nitrogen and oxygen atoms in total. The van der Waals surface area contributed by atoms with Gasteiger partial charge in [-0.3, -0.25) is 0 Å². The van der Waals surface area contributed by atoms with Crippen LogP contribution >= 0.6 is 11.3 Å². The summed E-state index contributed by atoms with van der Waals surface area (Å²) in [5.41, 5.74) is 8.30. The first-order chi connectivity index (χ1) is 28.7. The van der Waals surface area contributed by atoms with Crippen LogP contribution in [0.25, 0.3) is 96.3 Å². The van der Waals surface area contributed by atoms with E-state index in [1.54, 1.807) is 0 Å². The number of para-hydroxylation sites is 1. The van der Waals surface area contributed by atoms with Gasteiger partial charge in [-0.05, 0) is 137 Å². The first kappa shape index (κ1) is 32.9. The molecule has 0 fully saturated rings. The Hall–Kier alpha value is -7.26. The van der Waals surface area contributed by atoms with Gasteiger partial charge in [-0.1, -0.05) is 152 Å². The summed E-state index contributed by atoms with van der Waals surface area (Å²) >= 11 is 1.90. The number of thiophene rings is 1. The lowest BCUT2D eigenvalue weighted by Crippen LogP contribution is -2.09. The summed E-state index contributed by atoms with van der Waals surface area (Å²) in [6, 6.07) is 78.2. The first-order valence-corrected chi connectivity index (χ1v) is 20.7. The smallest absolute Gasteiger partial charge is 0.0468 e. The predicted octanol–water partition coefficient (Wildman–Crippen LogP) is 16.6. The highest BCUT2D eigenvalue weighted by atomic mass is 32.1. The lowest BCUT2D eigenvalue weighted by atomic mass is 9.90. The van der Waals surface area contributed by atoms with Crippen molar-refractivity contribution in [3.63, 3.8) is 0 Å². The third kappa shape index (κ3) is 5.23. The third-order valence-electron chi connectivity index (χ3n) is 12.0. The molecule has 270 valence electrons. The van der Waals surface area contributed by atoms with Gasteiger partial charge in [0, 0.05) is 37.2 Å². The Labute approximate surface area is 340 Å². The summed E-state index contributed by atoms with van der Waals surface area (Å²) in [7, 11) is 0. The van der Waals surface area contributed by atoms with Crippen LogP contribution in [0.1, 0.15) is 0 Å². The number of anilines is 3. The molecule has 11 aromatic carbocycles. The molecule has 12 aromatic rings. The topological polar surface area (TPSA) is 3.24 Å². The zero-order chi connectivity index (χ0) is 38.2. The summed E-state index contributed by atoms with van der Waals surface area (Å²) in [5.74, 6) is 0. The van der Waals surface area contributed by atoms with Gasteiger partial charge in [0.05, 0.1) is 0 Å². The molecule has 0 aliphatic rings. The van der Waals surface area contributed by atoms with Crippen molar-refractivity contribution >= 4 is 102 Å². The van der Waals surface area contributed by atoms with Gasteiger partial charge >= 0.3 is 0 Å². The average molecular weight is 754 g/mol. The van der Waals surface area contributed by atoms with Gasteiger partial charge in [-0.2, -0.15) is 0 Å². The van der Waals surface area contributed by atoms with E-state index in [1.807, 2.05) is 11.3 Å². The minimum Gasteiger partial charge on any atom is -0.310 e. The number of hydrogen-bond donors (Lipinski definition) is 0. The van der Waals surface area contributed by atoms with E-state index < -0.39 is 0 Å². The summed E-state index contributed by atoms with van der Waals surface area (Å²) in [6.07, 6.45) is 0. The summed E-state index contributed by atoms with van der Waals surface area (Å²) in [4.78, 5) is 2.39. The minimum atomic E-state index is 1.12. The standard InChI is InChI=1S/C56H35NS/c1-2-15-42(16-3-1)57(43-27-24-37(25-28-43)39-23-22-36-12-4-5-13-38(36)32-39)44-29-31-54-53(35-44)55-51(33-40-14-6-7-17-45(40)56(55)58-54)41-26-30-50-48-20-9-8-18-46(48)47-19-10-11-21-49(47)52(50)34-41/h1-35H.